The van der Waals surface area contributed by atoms with E-state index in [4.69, 9.17) is 14.2 Å². The Morgan fingerprint density at radius 1 is 0.906 bits per heavy atom. The molecule has 182 valence electrons. The summed E-state index contributed by atoms with van der Waals surface area (Å²) in [4.78, 5) is 23.3. The van der Waals surface area contributed by atoms with Crippen molar-refractivity contribution in [2.45, 2.75) is 43.5 Å². The molecule has 1 rings (SSSR count). The van der Waals surface area contributed by atoms with Gasteiger partial charge in [0.15, 0.2) is 18.1 Å². The largest absolute Gasteiger partial charge is 0.493 e. The molecule has 0 aliphatic rings. The van der Waals surface area contributed by atoms with Gasteiger partial charge < -0.3 is 18.9 Å². The maximum Gasteiger partial charge on any atom is 0.381 e. The lowest BCUT2D eigenvalue weighted by atomic mass is 10.1. The molecule has 0 heterocycles. The van der Waals surface area contributed by atoms with Gasteiger partial charge in [-0.1, -0.05) is 6.07 Å². The van der Waals surface area contributed by atoms with Crippen molar-refractivity contribution in [2.24, 2.45) is 0 Å². The molecule has 6 nitrogen and oxygen atoms in total. The van der Waals surface area contributed by atoms with Gasteiger partial charge in [-0.2, -0.15) is 26.3 Å². The molecule has 14 heteroatoms. The van der Waals surface area contributed by atoms with E-state index in [1.807, 2.05) is 0 Å². The molecule has 0 amide bonds. The average Bonchev–Trinajstić information content (AvgIpc) is 2.72. The standard InChI is InChI=1S/C18H18F8O6/c1-29-10-5-3-6-11(30-2)14(10)32-13(28)8-4-7-12(27)31-9-16(21,22)18(25,26)17(23,24)15(19)20/h3,5-6,15H,4,7-9H2,1-2H3. The van der Waals surface area contributed by atoms with Crippen molar-refractivity contribution in [1.29, 1.82) is 0 Å². The third-order valence-corrected chi connectivity index (χ3v) is 3.93. The van der Waals surface area contributed by atoms with Crippen molar-refractivity contribution in [3.63, 3.8) is 0 Å². The number of rotatable bonds is 12. The molecule has 1 aromatic carbocycles. The maximum absolute atomic E-state index is 13.3. The molecule has 0 spiro atoms. The van der Waals surface area contributed by atoms with E-state index in [1.54, 1.807) is 6.07 Å². The highest BCUT2D eigenvalue weighted by Crippen LogP contribution is 2.48. The Labute approximate surface area is 176 Å². The van der Waals surface area contributed by atoms with Crippen LogP contribution in [0.3, 0.4) is 0 Å². The normalized spacial score (nSPS) is 12.5. The van der Waals surface area contributed by atoms with Crippen LogP contribution < -0.4 is 14.2 Å². The molecule has 32 heavy (non-hydrogen) atoms. The van der Waals surface area contributed by atoms with Gasteiger partial charge in [-0.05, 0) is 18.6 Å². The first-order chi connectivity index (χ1) is 14.7. The zero-order chi connectivity index (χ0) is 24.7. The zero-order valence-corrected chi connectivity index (χ0v) is 16.6. The van der Waals surface area contributed by atoms with Crippen LogP contribution in [0.4, 0.5) is 35.1 Å². The fourth-order valence-corrected chi connectivity index (χ4v) is 2.17. The van der Waals surface area contributed by atoms with Crippen LogP contribution in [0, 0.1) is 0 Å². The third-order valence-electron chi connectivity index (χ3n) is 3.93. The molecule has 0 aliphatic heterocycles. The summed E-state index contributed by atoms with van der Waals surface area (Å²) in [6.07, 6.45) is -6.66. The zero-order valence-electron chi connectivity index (χ0n) is 16.6. The number of carbonyl (C=O) groups excluding carboxylic acids is 2. The van der Waals surface area contributed by atoms with Crippen LogP contribution in [0.15, 0.2) is 18.2 Å². The minimum Gasteiger partial charge on any atom is -0.493 e. The van der Waals surface area contributed by atoms with Crippen molar-refractivity contribution < 1.29 is 63.7 Å². The average molecular weight is 482 g/mol. The van der Waals surface area contributed by atoms with Crippen LogP contribution in [-0.2, 0) is 14.3 Å². The fourth-order valence-electron chi connectivity index (χ4n) is 2.17. The summed E-state index contributed by atoms with van der Waals surface area (Å²) < 4.78 is 121. The summed E-state index contributed by atoms with van der Waals surface area (Å²) in [5.74, 6) is -20.9. The Bertz CT molecular complexity index is 777. The maximum atomic E-state index is 13.3. The lowest BCUT2D eigenvalue weighted by Gasteiger charge is -2.31. The second-order valence-electron chi connectivity index (χ2n) is 6.18. The molecule has 0 bridgehead atoms. The number of hydrogen-bond acceptors (Lipinski definition) is 6. The molecule has 0 atom stereocenters. The summed E-state index contributed by atoms with van der Waals surface area (Å²) >= 11 is 0. The number of carbonyl (C=O) groups is 2. The van der Waals surface area contributed by atoms with Gasteiger partial charge in [0.05, 0.1) is 14.2 Å². The summed E-state index contributed by atoms with van der Waals surface area (Å²) in [6, 6.07) is 4.45. The highest BCUT2D eigenvalue weighted by molar-refractivity contribution is 5.76. The van der Waals surface area contributed by atoms with Gasteiger partial charge in [0, 0.05) is 12.8 Å². The van der Waals surface area contributed by atoms with Gasteiger partial charge in [-0.15, -0.1) is 0 Å². The number of esters is 2. The minimum absolute atomic E-state index is 0.0769. The van der Waals surface area contributed by atoms with E-state index < -0.39 is 55.6 Å². The summed E-state index contributed by atoms with van der Waals surface area (Å²) in [7, 11) is 2.58. The monoisotopic (exact) mass is 482 g/mol. The molecular weight excluding hydrogens is 464 g/mol. The van der Waals surface area contributed by atoms with Gasteiger partial charge in [0.25, 0.3) is 0 Å². The van der Waals surface area contributed by atoms with E-state index in [0.717, 1.165) is 0 Å². The van der Waals surface area contributed by atoms with Gasteiger partial charge in [0.2, 0.25) is 5.75 Å². The number of alkyl halides is 8. The Hall–Kier alpha value is -2.80. The van der Waals surface area contributed by atoms with E-state index >= 15 is 0 Å². The number of halogens is 8. The highest BCUT2D eigenvalue weighted by Gasteiger charge is 2.75. The molecule has 0 aromatic heterocycles. The number of hydrogen-bond donors (Lipinski definition) is 0. The van der Waals surface area contributed by atoms with Gasteiger partial charge >= 0.3 is 36.1 Å². The van der Waals surface area contributed by atoms with Crippen molar-refractivity contribution in [3.8, 4) is 17.2 Å². The first kappa shape index (κ1) is 27.2. The molecule has 0 radical (unpaired) electrons. The molecule has 0 saturated carbocycles. The number of methoxy groups -OCH3 is 2. The first-order valence-corrected chi connectivity index (χ1v) is 8.70. The lowest BCUT2D eigenvalue weighted by Crippen LogP contribution is -2.59. The highest BCUT2D eigenvalue weighted by atomic mass is 19.4. The van der Waals surface area contributed by atoms with Gasteiger partial charge in [-0.25, -0.2) is 8.78 Å². The minimum atomic E-state index is -6.48. The quantitative estimate of drug-likeness (QED) is 0.248. The molecule has 1 aromatic rings. The van der Waals surface area contributed by atoms with Crippen molar-refractivity contribution >= 4 is 11.9 Å². The van der Waals surface area contributed by atoms with Crippen molar-refractivity contribution in [1.82, 2.24) is 0 Å². The molecule has 0 fully saturated rings. The smallest absolute Gasteiger partial charge is 0.381 e. The van der Waals surface area contributed by atoms with Crippen LogP contribution in [0.25, 0.3) is 0 Å². The van der Waals surface area contributed by atoms with E-state index in [-0.39, 0.29) is 23.7 Å². The predicted octanol–water partition coefficient (Wildman–Crippen LogP) is 4.49. The van der Waals surface area contributed by atoms with E-state index in [2.05, 4.69) is 4.74 Å². The van der Waals surface area contributed by atoms with Crippen LogP contribution in [0.2, 0.25) is 0 Å². The molecule has 0 saturated heterocycles. The van der Waals surface area contributed by atoms with E-state index in [0.29, 0.717) is 0 Å². The Balaban J connectivity index is 2.58. The molecular formula is C18H18F8O6. The van der Waals surface area contributed by atoms with Crippen LogP contribution in [0.1, 0.15) is 19.3 Å². The van der Waals surface area contributed by atoms with Gasteiger partial charge in [-0.3, -0.25) is 9.59 Å². The Kier molecular flexibility index (Phi) is 9.09. The van der Waals surface area contributed by atoms with Gasteiger partial charge in [0.1, 0.15) is 0 Å². The second-order valence-corrected chi connectivity index (χ2v) is 6.18. The molecule has 0 unspecified atom stereocenters. The molecule has 0 aliphatic carbocycles. The van der Waals surface area contributed by atoms with Crippen LogP contribution >= 0.6 is 0 Å². The number of para-hydroxylation sites is 1. The van der Waals surface area contributed by atoms with Crippen molar-refractivity contribution in [2.75, 3.05) is 20.8 Å². The third kappa shape index (κ3) is 6.13. The van der Waals surface area contributed by atoms with Crippen molar-refractivity contribution in [3.05, 3.63) is 18.2 Å². The summed E-state index contributed by atoms with van der Waals surface area (Å²) in [5.41, 5.74) is 0. The topological polar surface area (TPSA) is 71.1 Å². The SMILES string of the molecule is COc1cccc(OC)c1OC(=O)CCCC(=O)OCC(F)(F)C(F)(F)C(F)(F)C(F)F. The lowest BCUT2D eigenvalue weighted by molar-refractivity contribution is -0.344. The van der Waals surface area contributed by atoms with Crippen LogP contribution in [-0.4, -0.2) is 57.0 Å². The number of ether oxygens (including phenoxy) is 4. The van der Waals surface area contributed by atoms with E-state index in [1.165, 1.54) is 26.4 Å². The Morgan fingerprint density at radius 3 is 1.88 bits per heavy atom. The second kappa shape index (κ2) is 10.7. The van der Waals surface area contributed by atoms with E-state index in [9.17, 15) is 44.7 Å². The number of benzene rings is 1. The predicted molar refractivity (Wildman–Crippen MR) is 90.8 cm³/mol. The van der Waals surface area contributed by atoms with Crippen LogP contribution in [0.5, 0.6) is 17.2 Å². The summed E-state index contributed by atoms with van der Waals surface area (Å²) in [6.45, 7) is -2.57. The Morgan fingerprint density at radius 2 is 1.41 bits per heavy atom. The summed E-state index contributed by atoms with van der Waals surface area (Å²) in [5, 5.41) is 0. The first-order valence-electron chi connectivity index (χ1n) is 8.70. The fraction of sp³-hybridized carbons (Fsp3) is 0.556. The molecule has 0 N–H and O–H groups in total.